The smallest absolute Gasteiger partial charge is 0.305 e. The average molecular weight is 279 g/mol. The maximum absolute atomic E-state index is 10.6. The van der Waals surface area contributed by atoms with Crippen molar-refractivity contribution < 1.29 is 4.92 Å². The van der Waals surface area contributed by atoms with Crippen molar-refractivity contribution in [3.05, 3.63) is 22.5 Å². The third-order valence-electron chi connectivity index (χ3n) is 3.74. The van der Waals surface area contributed by atoms with Crippen LogP contribution in [0, 0.1) is 10.1 Å². The molecule has 2 N–H and O–H groups in total. The van der Waals surface area contributed by atoms with E-state index in [1.165, 1.54) is 12.4 Å². The van der Waals surface area contributed by atoms with Crippen molar-refractivity contribution in [2.45, 2.75) is 51.1 Å². The van der Waals surface area contributed by atoms with Gasteiger partial charge in [0, 0.05) is 18.6 Å². The lowest BCUT2D eigenvalue weighted by atomic mass is 9.91. The predicted molar refractivity (Wildman–Crippen MR) is 76.6 cm³/mol. The van der Waals surface area contributed by atoms with Gasteiger partial charge in [-0.05, 0) is 32.1 Å². The maximum atomic E-state index is 10.6. The van der Waals surface area contributed by atoms with E-state index in [0.717, 1.165) is 38.6 Å². The lowest BCUT2D eigenvalue weighted by Crippen LogP contribution is -2.42. The van der Waals surface area contributed by atoms with Gasteiger partial charge in [0.1, 0.15) is 12.4 Å². The van der Waals surface area contributed by atoms with Crippen molar-refractivity contribution >= 4 is 11.6 Å². The Hall–Kier alpha value is -1.76. The number of hydrogen-bond donors (Lipinski definition) is 1. The fourth-order valence-corrected chi connectivity index (χ4v) is 2.66. The Bertz CT molecular complexity index is 443. The highest BCUT2D eigenvalue weighted by atomic mass is 16.6. The maximum Gasteiger partial charge on any atom is 0.305 e. The van der Waals surface area contributed by atoms with E-state index in [0.29, 0.717) is 18.0 Å². The number of aromatic nitrogens is 2. The van der Waals surface area contributed by atoms with Crippen LogP contribution in [0.25, 0.3) is 0 Å². The van der Waals surface area contributed by atoms with E-state index in [-0.39, 0.29) is 5.69 Å². The molecule has 0 aliphatic heterocycles. The van der Waals surface area contributed by atoms with Gasteiger partial charge in [-0.3, -0.25) is 10.1 Å². The predicted octanol–water partition coefficient (Wildman–Crippen LogP) is 1.87. The van der Waals surface area contributed by atoms with Crippen molar-refractivity contribution in [2.75, 3.05) is 11.4 Å². The second-order valence-electron chi connectivity index (χ2n) is 5.26. The number of hydrogen-bond acceptors (Lipinski definition) is 6. The summed E-state index contributed by atoms with van der Waals surface area (Å²) in [6.07, 6.45) is 7.63. The SMILES string of the molecule is CCCN(c1ncc([N+](=O)[O-])cn1)C1CCC(N)CC1. The minimum Gasteiger partial charge on any atom is -0.338 e. The Balaban J connectivity index is 2.13. The topological polar surface area (TPSA) is 98.2 Å². The minimum absolute atomic E-state index is 0.0733. The van der Waals surface area contributed by atoms with Gasteiger partial charge in [-0.2, -0.15) is 0 Å². The van der Waals surface area contributed by atoms with Gasteiger partial charge < -0.3 is 10.6 Å². The fourth-order valence-electron chi connectivity index (χ4n) is 2.66. The van der Waals surface area contributed by atoms with E-state index in [4.69, 9.17) is 5.73 Å². The minimum atomic E-state index is -0.479. The van der Waals surface area contributed by atoms with Crippen molar-refractivity contribution in [3.63, 3.8) is 0 Å². The van der Waals surface area contributed by atoms with Crippen LogP contribution >= 0.6 is 0 Å². The molecule has 20 heavy (non-hydrogen) atoms. The van der Waals surface area contributed by atoms with Crippen LogP contribution in [0.5, 0.6) is 0 Å². The van der Waals surface area contributed by atoms with Crippen LogP contribution in [0.4, 0.5) is 11.6 Å². The summed E-state index contributed by atoms with van der Waals surface area (Å²) in [7, 11) is 0. The molecule has 0 aromatic carbocycles. The van der Waals surface area contributed by atoms with Gasteiger partial charge in [0.15, 0.2) is 0 Å². The molecule has 2 rings (SSSR count). The summed E-state index contributed by atoms with van der Waals surface area (Å²) in [6.45, 7) is 2.96. The van der Waals surface area contributed by atoms with Gasteiger partial charge >= 0.3 is 5.69 Å². The first-order valence-electron chi connectivity index (χ1n) is 7.10. The Kier molecular flexibility index (Phi) is 4.84. The number of anilines is 1. The molecule has 1 saturated carbocycles. The van der Waals surface area contributed by atoms with Crippen molar-refractivity contribution in [1.29, 1.82) is 0 Å². The molecule has 0 radical (unpaired) electrons. The van der Waals surface area contributed by atoms with Gasteiger partial charge in [-0.15, -0.1) is 0 Å². The highest BCUT2D eigenvalue weighted by Crippen LogP contribution is 2.25. The van der Waals surface area contributed by atoms with Crippen molar-refractivity contribution in [2.24, 2.45) is 5.73 Å². The zero-order valence-corrected chi connectivity index (χ0v) is 11.7. The monoisotopic (exact) mass is 279 g/mol. The molecule has 1 heterocycles. The summed E-state index contributed by atoms with van der Waals surface area (Å²) >= 11 is 0. The summed E-state index contributed by atoms with van der Waals surface area (Å²) in [5.41, 5.74) is 5.86. The standard InChI is InChI=1S/C13H21N5O2/c1-2-7-17(11-5-3-10(14)4-6-11)13-15-8-12(9-16-13)18(19)20/h8-11H,2-7,14H2,1H3. The molecule has 0 unspecified atom stereocenters. The molecule has 1 aromatic heterocycles. The Labute approximate surface area is 118 Å². The van der Waals surface area contributed by atoms with Crippen LogP contribution < -0.4 is 10.6 Å². The summed E-state index contributed by atoms with van der Waals surface area (Å²) in [4.78, 5) is 20.6. The van der Waals surface area contributed by atoms with E-state index >= 15 is 0 Å². The van der Waals surface area contributed by atoms with E-state index in [9.17, 15) is 10.1 Å². The summed E-state index contributed by atoms with van der Waals surface area (Å²) in [5, 5.41) is 10.6. The van der Waals surface area contributed by atoms with Gasteiger partial charge in [-0.1, -0.05) is 6.92 Å². The summed E-state index contributed by atoms with van der Waals surface area (Å²) in [5.74, 6) is 0.581. The molecule has 0 amide bonds. The molecule has 0 spiro atoms. The molecule has 0 atom stereocenters. The average Bonchev–Trinajstić information content (AvgIpc) is 2.46. The normalized spacial score (nSPS) is 22.5. The van der Waals surface area contributed by atoms with E-state index < -0.39 is 4.92 Å². The molecule has 0 saturated heterocycles. The van der Waals surface area contributed by atoms with E-state index in [2.05, 4.69) is 21.8 Å². The van der Waals surface area contributed by atoms with Crippen LogP contribution in [0.1, 0.15) is 39.0 Å². The second kappa shape index (κ2) is 6.60. The molecule has 1 aliphatic rings. The first-order valence-corrected chi connectivity index (χ1v) is 7.10. The number of nitrogens with zero attached hydrogens (tertiary/aromatic N) is 4. The Morgan fingerprint density at radius 3 is 2.45 bits per heavy atom. The van der Waals surface area contributed by atoms with Crippen molar-refractivity contribution in [3.8, 4) is 0 Å². The number of nitro groups is 1. The fraction of sp³-hybridized carbons (Fsp3) is 0.692. The van der Waals surface area contributed by atoms with Crippen LogP contribution in [0.3, 0.4) is 0 Å². The number of nitrogens with two attached hydrogens (primary N) is 1. The molecular weight excluding hydrogens is 258 g/mol. The molecule has 7 nitrogen and oxygen atoms in total. The summed E-state index contributed by atoms with van der Waals surface area (Å²) < 4.78 is 0. The van der Waals surface area contributed by atoms with E-state index in [1.807, 2.05) is 0 Å². The highest BCUT2D eigenvalue weighted by molar-refractivity contribution is 5.35. The third-order valence-corrected chi connectivity index (χ3v) is 3.74. The highest BCUT2D eigenvalue weighted by Gasteiger charge is 2.25. The molecule has 0 bridgehead atoms. The van der Waals surface area contributed by atoms with Crippen LogP contribution in [0.15, 0.2) is 12.4 Å². The quantitative estimate of drug-likeness (QED) is 0.652. The second-order valence-corrected chi connectivity index (χ2v) is 5.26. The molecule has 7 heteroatoms. The van der Waals surface area contributed by atoms with Gasteiger partial charge in [0.25, 0.3) is 0 Å². The summed E-state index contributed by atoms with van der Waals surface area (Å²) in [6, 6.07) is 0.684. The van der Waals surface area contributed by atoms with Gasteiger partial charge in [-0.25, -0.2) is 9.97 Å². The first-order chi connectivity index (χ1) is 9.61. The molecule has 1 aliphatic carbocycles. The molecule has 1 fully saturated rings. The molecular formula is C13H21N5O2. The Morgan fingerprint density at radius 2 is 1.95 bits per heavy atom. The van der Waals surface area contributed by atoms with Crippen LogP contribution in [0.2, 0.25) is 0 Å². The van der Waals surface area contributed by atoms with Crippen LogP contribution in [-0.4, -0.2) is 33.5 Å². The van der Waals surface area contributed by atoms with Crippen LogP contribution in [-0.2, 0) is 0 Å². The lowest BCUT2D eigenvalue weighted by Gasteiger charge is -2.35. The third kappa shape index (κ3) is 3.41. The molecule has 110 valence electrons. The number of rotatable bonds is 5. The lowest BCUT2D eigenvalue weighted by molar-refractivity contribution is -0.385. The molecule has 1 aromatic rings. The van der Waals surface area contributed by atoms with Gasteiger partial charge in [0.05, 0.1) is 4.92 Å². The first kappa shape index (κ1) is 14.6. The van der Waals surface area contributed by atoms with Crippen molar-refractivity contribution in [1.82, 2.24) is 9.97 Å². The largest absolute Gasteiger partial charge is 0.338 e. The van der Waals surface area contributed by atoms with E-state index in [1.54, 1.807) is 0 Å². The zero-order valence-electron chi connectivity index (χ0n) is 11.7. The zero-order chi connectivity index (χ0) is 14.5. The van der Waals surface area contributed by atoms with Gasteiger partial charge in [0.2, 0.25) is 5.95 Å². The Morgan fingerprint density at radius 1 is 1.35 bits per heavy atom.